The minimum absolute atomic E-state index is 0.0508. The maximum Gasteiger partial charge on any atom is 0.231 e. The number of nitrogens with zero attached hydrogens (tertiary/aromatic N) is 1. The molecule has 2 aliphatic heterocycles. The standard InChI is InChI=1S/C14H17NO3/c1-8(17)12-13-11-3-2-9(4-5-16)6-10(11)7-15(13)14(12)18/h2-3,6,8,12-13,16-17H,4-5,7H2,1H3/t8-,12-,13-/m1/s1. The van der Waals surface area contributed by atoms with E-state index in [2.05, 4.69) is 6.07 Å². The molecule has 2 aliphatic rings. The maximum atomic E-state index is 11.9. The Morgan fingerprint density at radius 2 is 2.28 bits per heavy atom. The Balaban J connectivity index is 1.92. The predicted molar refractivity (Wildman–Crippen MR) is 65.7 cm³/mol. The van der Waals surface area contributed by atoms with Gasteiger partial charge in [-0.3, -0.25) is 4.79 Å². The van der Waals surface area contributed by atoms with Gasteiger partial charge in [-0.25, -0.2) is 0 Å². The smallest absolute Gasteiger partial charge is 0.231 e. The van der Waals surface area contributed by atoms with E-state index >= 15 is 0 Å². The number of β-lactam (4-membered cyclic amide) rings is 1. The van der Waals surface area contributed by atoms with E-state index in [0.29, 0.717) is 13.0 Å². The minimum atomic E-state index is -0.596. The Morgan fingerprint density at radius 1 is 1.50 bits per heavy atom. The number of carbonyl (C=O) groups is 1. The van der Waals surface area contributed by atoms with Gasteiger partial charge in [-0.15, -0.1) is 0 Å². The van der Waals surface area contributed by atoms with Crippen molar-refractivity contribution < 1.29 is 15.0 Å². The predicted octanol–water partition coefficient (Wildman–Crippen LogP) is 0.615. The third-order valence-electron chi connectivity index (χ3n) is 4.03. The average Bonchev–Trinajstić information content (AvgIpc) is 2.64. The van der Waals surface area contributed by atoms with Gasteiger partial charge in [-0.2, -0.15) is 0 Å². The average molecular weight is 247 g/mol. The SMILES string of the molecule is C[C@@H](O)[C@H]1C(=O)N2Cc3cc(CCO)ccc3[C@H]12. The molecule has 3 atom stereocenters. The number of hydrogen-bond donors (Lipinski definition) is 2. The first-order valence-electron chi connectivity index (χ1n) is 6.34. The van der Waals surface area contributed by atoms with Gasteiger partial charge in [0, 0.05) is 13.2 Å². The molecule has 0 bridgehead atoms. The summed E-state index contributed by atoms with van der Waals surface area (Å²) in [4.78, 5) is 13.7. The molecule has 0 aliphatic carbocycles. The fraction of sp³-hybridized carbons (Fsp3) is 0.500. The van der Waals surface area contributed by atoms with Crippen molar-refractivity contribution in [3.05, 3.63) is 34.9 Å². The van der Waals surface area contributed by atoms with Crippen LogP contribution in [0.15, 0.2) is 18.2 Å². The lowest BCUT2D eigenvalue weighted by molar-refractivity contribution is -0.163. The molecule has 4 nitrogen and oxygen atoms in total. The molecule has 96 valence electrons. The topological polar surface area (TPSA) is 60.8 Å². The van der Waals surface area contributed by atoms with Gasteiger partial charge in [0.25, 0.3) is 0 Å². The van der Waals surface area contributed by atoms with Crippen molar-refractivity contribution in [1.29, 1.82) is 0 Å². The molecule has 0 spiro atoms. The van der Waals surface area contributed by atoms with E-state index in [4.69, 9.17) is 5.11 Å². The maximum absolute atomic E-state index is 11.9. The van der Waals surface area contributed by atoms with Crippen molar-refractivity contribution in [1.82, 2.24) is 4.90 Å². The van der Waals surface area contributed by atoms with Crippen LogP contribution in [-0.4, -0.2) is 33.7 Å². The monoisotopic (exact) mass is 247 g/mol. The number of fused-ring (bicyclic) bond motifs is 3. The molecule has 4 heteroatoms. The van der Waals surface area contributed by atoms with Crippen molar-refractivity contribution >= 4 is 5.91 Å². The van der Waals surface area contributed by atoms with E-state index in [1.54, 1.807) is 6.92 Å². The van der Waals surface area contributed by atoms with Crippen LogP contribution in [0.25, 0.3) is 0 Å². The van der Waals surface area contributed by atoms with Crippen LogP contribution in [-0.2, 0) is 17.8 Å². The van der Waals surface area contributed by atoms with E-state index in [1.165, 1.54) is 0 Å². The summed E-state index contributed by atoms with van der Waals surface area (Å²) in [6.45, 7) is 2.46. The number of rotatable bonds is 3. The lowest BCUT2D eigenvalue weighted by atomic mass is 9.81. The summed E-state index contributed by atoms with van der Waals surface area (Å²) in [7, 11) is 0. The van der Waals surface area contributed by atoms with E-state index in [-0.39, 0.29) is 24.5 Å². The fourth-order valence-corrected chi connectivity index (χ4v) is 3.14. The van der Waals surface area contributed by atoms with Crippen molar-refractivity contribution in [2.24, 2.45) is 5.92 Å². The molecule has 2 N–H and O–H groups in total. The largest absolute Gasteiger partial charge is 0.396 e. The molecule has 0 aromatic heterocycles. The number of hydrogen-bond acceptors (Lipinski definition) is 3. The summed E-state index contributed by atoms with van der Waals surface area (Å²) in [5.74, 6) is -0.232. The zero-order valence-corrected chi connectivity index (χ0v) is 10.3. The molecular weight excluding hydrogens is 230 g/mol. The Kier molecular flexibility index (Phi) is 2.64. The Labute approximate surface area is 106 Å². The molecule has 0 saturated carbocycles. The van der Waals surface area contributed by atoms with Crippen LogP contribution >= 0.6 is 0 Å². The van der Waals surface area contributed by atoms with Crippen LogP contribution in [0.3, 0.4) is 0 Å². The molecular formula is C14H17NO3. The summed E-state index contributed by atoms with van der Waals surface area (Å²) >= 11 is 0. The van der Waals surface area contributed by atoms with E-state index in [0.717, 1.165) is 16.7 Å². The number of amides is 1. The van der Waals surface area contributed by atoms with E-state index in [9.17, 15) is 9.90 Å². The molecule has 18 heavy (non-hydrogen) atoms. The fourth-order valence-electron chi connectivity index (χ4n) is 3.14. The van der Waals surface area contributed by atoms with Crippen LogP contribution in [0.5, 0.6) is 0 Å². The molecule has 2 heterocycles. The first-order valence-corrected chi connectivity index (χ1v) is 6.34. The third-order valence-corrected chi connectivity index (χ3v) is 4.03. The van der Waals surface area contributed by atoms with Crippen LogP contribution in [0.4, 0.5) is 0 Å². The van der Waals surface area contributed by atoms with Gasteiger partial charge in [0.2, 0.25) is 5.91 Å². The lowest BCUT2D eigenvalue weighted by Crippen LogP contribution is -2.55. The molecule has 3 rings (SSSR count). The first-order chi connectivity index (χ1) is 8.63. The van der Waals surface area contributed by atoms with Crippen molar-refractivity contribution in [3.63, 3.8) is 0 Å². The zero-order chi connectivity index (χ0) is 12.9. The molecule has 1 aromatic rings. The normalized spacial score (nSPS) is 26.6. The van der Waals surface area contributed by atoms with Gasteiger partial charge in [-0.1, -0.05) is 18.2 Å². The minimum Gasteiger partial charge on any atom is -0.396 e. The number of carbonyl (C=O) groups excluding carboxylic acids is 1. The van der Waals surface area contributed by atoms with Crippen LogP contribution in [0.2, 0.25) is 0 Å². The quantitative estimate of drug-likeness (QED) is 0.770. The lowest BCUT2D eigenvalue weighted by Gasteiger charge is -2.44. The second-order valence-corrected chi connectivity index (χ2v) is 5.18. The summed E-state index contributed by atoms with van der Waals surface area (Å²) in [6, 6.07) is 6.15. The number of benzene rings is 1. The van der Waals surface area contributed by atoms with Crippen molar-refractivity contribution in [3.8, 4) is 0 Å². The van der Waals surface area contributed by atoms with Crippen LogP contribution in [0, 0.1) is 5.92 Å². The first kappa shape index (κ1) is 11.7. The molecule has 1 fully saturated rings. The van der Waals surface area contributed by atoms with Crippen LogP contribution < -0.4 is 0 Å². The summed E-state index contributed by atoms with van der Waals surface area (Å²) in [6.07, 6.45) is 0.0490. The van der Waals surface area contributed by atoms with Gasteiger partial charge in [-0.05, 0) is 30.0 Å². The highest BCUT2D eigenvalue weighted by atomic mass is 16.3. The molecule has 1 saturated heterocycles. The van der Waals surface area contributed by atoms with Gasteiger partial charge in [0.15, 0.2) is 0 Å². The van der Waals surface area contributed by atoms with Crippen molar-refractivity contribution in [2.75, 3.05) is 6.61 Å². The second-order valence-electron chi connectivity index (χ2n) is 5.18. The Bertz CT molecular complexity index is 498. The Hall–Kier alpha value is -1.39. The second kappa shape index (κ2) is 4.07. The highest BCUT2D eigenvalue weighted by Gasteiger charge is 2.53. The summed E-state index contributed by atoms with van der Waals surface area (Å²) < 4.78 is 0. The molecule has 0 radical (unpaired) electrons. The van der Waals surface area contributed by atoms with Crippen LogP contribution in [0.1, 0.15) is 29.7 Å². The number of aliphatic hydroxyl groups excluding tert-OH is 2. The van der Waals surface area contributed by atoms with Gasteiger partial charge in [0.05, 0.1) is 18.1 Å². The zero-order valence-electron chi connectivity index (χ0n) is 10.3. The van der Waals surface area contributed by atoms with E-state index < -0.39 is 6.10 Å². The van der Waals surface area contributed by atoms with Gasteiger partial charge >= 0.3 is 0 Å². The molecule has 1 aromatic carbocycles. The third kappa shape index (κ3) is 1.49. The van der Waals surface area contributed by atoms with Gasteiger partial charge in [0.1, 0.15) is 0 Å². The van der Waals surface area contributed by atoms with Gasteiger partial charge < -0.3 is 15.1 Å². The molecule has 1 amide bonds. The van der Waals surface area contributed by atoms with E-state index in [1.807, 2.05) is 17.0 Å². The highest BCUT2D eigenvalue weighted by Crippen LogP contribution is 2.49. The highest BCUT2D eigenvalue weighted by molar-refractivity contribution is 5.88. The number of aliphatic hydroxyl groups is 2. The van der Waals surface area contributed by atoms with Crippen molar-refractivity contribution in [2.45, 2.75) is 32.0 Å². The Morgan fingerprint density at radius 3 is 2.94 bits per heavy atom. The summed E-state index contributed by atoms with van der Waals surface area (Å²) in [5, 5.41) is 18.6. The summed E-state index contributed by atoms with van der Waals surface area (Å²) in [5.41, 5.74) is 3.41. The molecule has 0 unspecified atom stereocenters.